The van der Waals surface area contributed by atoms with Crippen LogP contribution in [0, 0.1) is 0 Å². The van der Waals surface area contributed by atoms with Crippen LogP contribution in [-0.4, -0.2) is 24.2 Å². The van der Waals surface area contributed by atoms with Crippen LogP contribution in [0.4, 0.5) is 5.69 Å². The molecule has 0 unspecified atom stereocenters. The van der Waals surface area contributed by atoms with Crippen molar-refractivity contribution in [2.75, 3.05) is 11.9 Å². The molecule has 22 heavy (non-hydrogen) atoms. The molecule has 0 radical (unpaired) electrons. The van der Waals surface area contributed by atoms with Gasteiger partial charge in [0.05, 0.1) is 5.60 Å². The zero-order valence-electron chi connectivity index (χ0n) is 13.5. The predicted octanol–water partition coefficient (Wildman–Crippen LogP) is 3.40. The summed E-state index contributed by atoms with van der Waals surface area (Å²) < 4.78 is 5.99. The molecule has 2 aliphatic rings. The summed E-state index contributed by atoms with van der Waals surface area (Å²) in [5.74, 6) is -0.0332. The van der Waals surface area contributed by atoms with E-state index < -0.39 is 0 Å². The van der Waals surface area contributed by atoms with Crippen LogP contribution in [0.2, 0.25) is 0 Å². The fraction of sp³-hybridized carbons (Fsp3) is 0.611. The Morgan fingerprint density at radius 1 is 1.41 bits per heavy atom. The smallest absolute Gasteiger partial charge is 0.221 e. The Labute approximate surface area is 132 Å². The van der Waals surface area contributed by atoms with Crippen LogP contribution in [0.25, 0.3) is 0 Å². The summed E-state index contributed by atoms with van der Waals surface area (Å²) in [5.41, 5.74) is 2.25. The second kappa shape index (κ2) is 6.39. The number of carbonyl (C=O) groups is 1. The maximum atomic E-state index is 11.2. The zero-order chi connectivity index (χ0) is 15.6. The van der Waals surface area contributed by atoms with E-state index in [4.69, 9.17) is 4.74 Å². The molecule has 3 rings (SSSR count). The molecular weight excluding hydrogens is 276 g/mol. The first-order valence-corrected chi connectivity index (χ1v) is 8.34. The molecule has 0 bridgehead atoms. The Bertz CT molecular complexity index is 540. The van der Waals surface area contributed by atoms with Gasteiger partial charge in [-0.1, -0.05) is 12.1 Å². The molecule has 1 aromatic rings. The summed E-state index contributed by atoms with van der Waals surface area (Å²) in [4.78, 5) is 11.2. The minimum atomic E-state index is -0.0332. The van der Waals surface area contributed by atoms with Crippen LogP contribution < -0.4 is 10.6 Å². The molecule has 1 heterocycles. The molecule has 0 aromatic heterocycles. The summed E-state index contributed by atoms with van der Waals surface area (Å²) in [6.07, 6.45) is 5.95. The van der Waals surface area contributed by atoms with Crippen molar-refractivity contribution in [3.63, 3.8) is 0 Å². The van der Waals surface area contributed by atoms with Gasteiger partial charge in [0.25, 0.3) is 0 Å². The molecule has 120 valence electrons. The number of ether oxygens (including phenoxy) is 1. The van der Waals surface area contributed by atoms with Gasteiger partial charge in [-0.25, -0.2) is 0 Å². The first kappa shape index (κ1) is 15.5. The summed E-state index contributed by atoms with van der Waals surface area (Å²) in [6, 6.07) is 8.88. The fourth-order valence-electron chi connectivity index (χ4n) is 3.63. The molecule has 1 saturated heterocycles. The highest BCUT2D eigenvalue weighted by Gasteiger charge is 2.42. The van der Waals surface area contributed by atoms with Gasteiger partial charge in [0.2, 0.25) is 5.91 Å². The Morgan fingerprint density at radius 2 is 2.23 bits per heavy atom. The van der Waals surface area contributed by atoms with Gasteiger partial charge in [-0.05, 0) is 56.7 Å². The monoisotopic (exact) mass is 302 g/mol. The standard InChI is InChI=1S/C18H26N2O2/c1-13(15-5-3-6-16(11-15)20-14(2)21)19-17-7-10-22-18(12-17)8-4-9-18/h3,5-6,11,13,17,19H,4,7-10,12H2,1-2H3,(H,20,21)/t13-,17-/m0/s1. The molecule has 1 aromatic carbocycles. The molecule has 1 aliphatic carbocycles. The van der Waals surface area contributed by atoms with Crippen molar-refractivity contribution >= 4 is 11.6 Å². The van der Waals surface area contributed by atoms with Crippen molar-refractivity contribution < 1.29 is 9.53 Å². The van der Waals surface area contributed by atoms with E-state index in [9.17, 15) is 4.79 Å². The molecule has 4 heteroatoms. The van der Waals surface area contributed by atoms with Crippen molar-refractivity contribution in [2.45, 2.75) is 63.6 Å². The quantitative estimate of drug-likeness (QED) is 0.896. The highest BCUT2D eigenvalue weighted by Crippen LogP contribution is 2.42. The number of rotatable bonds is 4. The van der Waals surface area contributed by atoms with E-state index in [1.165, 1.54) is 31.7 Å². The third kappa shape index (κ3) is 3.50. The molecular formula is C18H26N2O2. The highest BCUT2D eigenvalue weighted by molar-refractivity contribution is 5.88. The normalized spacial score (nSPS) is 24.5. The third-order valence-electron chi connectivity index (χ3n) is 4.95. The number of hydrogen-bond donors (Lipinski definition) is 2. The molecule has 2 atom stereocenters. The lowest BCUT2D eigenvalue weighted by atomic mass is 9.74. The Kier molecular flexibility index (Phi) is 4.50. The van der Waals surface area contributed by atoms with Gasteiger partial charge in [-0.15, -0.1) is 0 Å². The van der Waals surface area contributed by atoms with E-state index in [0.717, 1.165) is 25.1 Å². The van der Waals surface area contributed by atoms with E-state index in [1.54, 1.807) is 0 Å². The van der Waals surface area contributed by atoms with Crippen molar-refractivity contribution in [3.05, 3.63) is 29.8 Å². The van der Waals surface area contributed by atoms with E-state index in [0.29, 0.717) is 6.04 Å². The number of anilines is 1. The van der Waals surface area contributed by atoms with Gasteiger partial charge >= 0.3 is 0 Å². The van der Waals surface area contributed by atoms with E-state index in [2.05, 4.69) is 29.7 Å². The second-order valence-electron chi connectivity index (χ2n) is 6.77. The Hall–Kier alpha value is -1.39. The molecule has 1 amide bonds. The number of hydrogen-bond acceptors (Lipinski definition) is 3. The third-order valence-corrected chi connectivity index (χ3v) is 4.95. The van der Waals surface area contributed by atoms with Crippen LogP contribution >= 0.6 is 0 Å². The molecule has 1 spiro atoms. The van der Waals surface area contributed by atoms with Crippen molar-refractivity contribution in [1.82, 2.24) is 5.32 Å². The molecule has 1 aliphatic heterocycles. The number of benzene rings is 1. The second-order valence-corrected chi connectivity index (χ2v) is 6.77. The largest absolute Gasteiger partial charge is 0.375 e. The van der Waals surface area contributed by atoms with Gasteiger partial charge in [0.15, 0.2) is 0 Å². The lowest BCUT2D eigenvalue weighted by Crippen LogP contribution is -2.51. The van der Waals surface area contributed by atoms with Gasteiger partial charge in [0.1, 0.15) is 0 Å². The fourth-order valence-corrected chi connectivity index (χ4v) is 3.63. The number of amides is 1. The van der Waals surface area contributed by atoms with Crippen LogP contribution in [0.15, 0.2) is 24.3 Å². The average Bonchev–Trinajstić information content (AvgIpc) is 2.45. The van der Waals surface area contributed by atoms with Gasteiger partial charge in [0, 0.05) is 31.3 Å². The average molecular weight is 302 g/mol. The molecule has 2 N–H and O–H groups in total. The predicted molar refractivity (Wildman–Crippen MR) is 87.9 cm³/mol. The maximum Gasteiger partial charge on any atom is 0.221 e. The minimum Gasteiger partial charge on any atom is -0.375 e. The van der Waals surface area contributed by atoms with Crippen molar-refractivity contribution in [1.29, 1.82) is 0 Å². The lowest BCUT2D eigenvalue weighted by molar-refractivity contribution is -0.136. The van der Waals surface area contributed by atoms with Crippen LogP contribution in [0.5, 0.6) is 0 Å². The first-order chi connectivity index (χ1) is 10.6. The molecule has 1 saturated carbocycles. The molecule has 4 nitrogen and oxygen atoms in total. The summed E-state index contributed by atoms with van der Waals surface area (Å²) in [7, 11) is 0. The Morgan fingerprint density at radius 3 is 2.91 bits per heavy atom. The van der Waals surface area contributed by atoms with Crippen LogP contribution in [-0.2, 0) is 9.53 Å². The number of carbonyl (C=O) groups excluding carboxylic acids is 1. The maximum absolute atomic E-state index is 11.2. The lowest BCUT2D eigenvalue weighted by Gasteiger charge is -2.47. The summed E-state index contributed by atoms with van der Waals surface area (Å²) in [6.45, 7) is 4.60. The van der Waals surface area contributed by atoms with E-state index in [1.807, 2.05) is 12.1 Å². The zero-order valence-corrected chi connectivity index (χ0v) is 13.5. The minimum absolute atomic E-state index is 0.0332. The summed E-state index contributed by atoms with van der Waals surface area (Å²) in [5, 5.41) is 6.59. The first-order valence-electron chi connectivity index (χ1n) is 8.34. The Balaban J connectivity index is 1.61. The van der Waals surface area contributed by atoms with E-state index >= 15 is 0 Å². The van der Waals surface area contributed by atoms with Gasteiger partial charge in [-0.2, -0.15) is 0 Å². The molecule has 2 fully saturated rings. The van der Waals surface area contributed by atoms with Gasteiger partial charge in [-0.3, -0.25) is 4.79 Å². The van der Waals surface area contributed by atoms with Crippen molar-refractivity contribution in [2.24, 2.45) is 0 Å². The highest BCUT2D eigenvalue weighted by atomic mass is 16.5. The van der Waals surface area contributed by atoms with Crippen LogP contribution in [0.3, 0.4) is 0 Å². The van der Waals surface area contributed by atoms with Crippen molar-refractivity contribution in [3.8, 4) is 0 Å². The SMILES string of the molecule is CC(=O)Nc1cccc([C@H](C)N[C@H]2CCOC3(CCC3)C2)c1. The summed E-state index contributed by atoms with van der Waals surface area (Å²) >= 11 is 0. The van der Waals surface area contributed by atoms with E-state index in [-0.39, 0.29) is 17.6 Å². The van der Waals surface area contributed by atoms with Crippen LogP contribution in [0.1, 0.15) is 57.6 Å². The topological polar surface area (TPSA) is 50.4 Å². The number of nitrogens with one attached hydrogen (secondary N) is 2. The van der Waals surface area contributed by atoms with Gasteiger partial charge < -0.3 is 15.4 Å².